The van der Waals surface area contributed by atoms with Gasteiger partial charge in [-0.2, -0.15) is 5.10 Å². The maximum Gasteiger partial charge on any atom is 0.265 e. The first-order chi connectivity index (χ1) is 9.86. The maximum absolute atomic E-state index is 12.6. The molecule has 0 saturated carbocycles. The van der Waals surface area contributed by atoms with Crippen LogP contribution < -0.4 is 10.5 Å². The summed E-state index contributed by atoms with van der Waals surface area (Å²) in [6, 6.07) is 1.75. The number of aromatic nitrogens is 3. The van der Waals surface area contributed by atoms with Gasteiger partial charge in [0, 0.05) is 12.7 Å². The standard InChI is InChI=1S/C13H19N5O2S/c1-9-4-6-15-8-12(9)17-21(19,20)13-10(2)16-18(7-5-14)11(13)3/h4,6,8,17H,5,7,14H2,1-3H3. The molecule has 3 N–H and O–H groups in total. The third-order valence-corrected chi connectivity index (χ3v) is 4.83. The Kier molecular flexibility index (Phi) is 4.29. The first-order valence-electron chi connectivity index (χ1n) is 6.54. The molecule has 7 nitrogen and oxygen atoms in total. The predicted molar refractivity (Wildman–Crippen MR) is 80.5 cm³/mol. The second-order valence-corrected chi connectivity index (χ2v) is 6.43. The van der Waals surface area contributed by atoms with Crippen LogP contribution in [0.2, 0.25) is 0 Å². The van der Waals surface area contributed by atoms with Gasteiger partial charge in [0.1, 0.15) is 4.90 Å². The molecule has 0 spiro atoms. The molecule has 0 aliphatic rings. The molecule has 2 heterocycles. The average molecular weight is 309 g/mol. The van der Waals surface area contributed by atoms with Crippen LogP contribution in [0.15, 0.2) is 23.4 Å². The van der Waals surface area contributed by atoms with Crippen LogP contribution in [0.4, 0.5) is 5.69 Å². The Morgan fingerprint density at radius 3 is 2.67 bits per heavy atom. The zero-order chi connectivity index (χ0) is 15.6. The number of aryl methyl sites for hydroxylation is 2. The number of pyridine rings is 1. The molecule has 0 bridgehead atoms. The van der Waals surface area contributed by atoms with E-state index in [1.165, 1.54) is 6.20 Å². The molecule has 21 heavy (non-hydrogen) atoms. The molecule has 0 fully saturated rings. The van der Waals surface area contributed by atoms with Crippen molar-refractivity contribution in [2.24, 2.45) is 5.73 Å². The van der Waals surface area contributed by atoms with E-state index in [2.05, 4.69) is 14.8 Å². The summed E-state index contributed by atoms with van der Waals surface area (Å²) >= 11 is 0. The van der Waals surface area contributed by atoms with Gasteiger partial charge in [-0.15, -0.1) is 0 Å². The predicted octanol–water partition coefficient (Wildman–Crippen LogP) is 0.963. The van der Waals surface area contributed by atoms with Gasteiger partial charge >= 0.3 is 0 Å². The fraction of sp³-hybridized carbons (Fsp3) is 0.385. The Balaban J connectivity index is 2.43. The Morgan fingerprint density at radius 2 is 2.05 bits per heavy atom. The number of anilines is 1. The van der Waals surface area contributed by atoms with Crippen LogP contribution in [0.3, 0.4) is 0 Å². The SMILES string of the molecule is Cc1ccncc1NS(=O)(=O)c1c(C)nn(CCN)c1C. The van der Waals surface area contributed by atoms with Crippen molar-refractivity contribution in [2.75, 3.05) is 11.3 Å². The van der Waals surface area contributed by atoms with Gasteiger partial charge in [0.2, 0.25) is 0 Å². The summed E-state index contributed by atoms with van der Waals surface area (Å²) in [5, 5.41) is 4.23. The van der Waals surface area contributed by atoms with E-state index in [0.717, 1.165) is 5.56 Å². The van der Waals surface area contributed by atoms with Gasteiger partial charge < -0.3 is 5.73 Å². The molecule has 0 saturated heterocycles. The highest BCUT2D eigenvalue weighted by Gasteiger charge is 2.25. The lowest BCUT2D eigenvalue weighted by molar-refractivity contribution is 0.593. The van der Waals surface area contributed by atoms with Crippen LogP contribution in [0.1, 0.15) is 17.0 Å². The van der Waals surface area contributed by atoms with Gasteiger partial charge in [-0.3, -0.25) is 14.4 Å². The van der Waals surface area contributed by atoms with E-state index in [1.54, 1.807) is 30.8 Å². The highest BCUT2D eigenvalue weighted by molar-refractivity contribution is 7.92. The number of rotatable bonds is 5. The van der Waals surface area contributed by atoms with Crippen LogP contribution in [0.5, 0.6) is 0 Å². The molecule has 0 unspecified atom stereocenters. The summed E-state index contributed by atoms with van der Waals surface area (Å²) in [6.07, 6.45) is 3.10. The lowest BCUT2D eigenvalue weighted by Crippen LogP contribution is -2.16. The lowest BCUT2D eigenvalue weighted by Gasteiger charge is -2.10. The second kappa shape index (κ2) is 5.82. The van der Waals surface area contributed by atoms with E-state index in [-0.39, 0.29) is 4.90 Å². The first-order valence-corrected chi connectivity index (χ1v) is 8.02. The molecule has 0 aliphatic heterocycles. The quantitative estimate of drug-likeness (QED) is 0.856. The van der Waals surface area contributed by atoms with Crippen molar-refractivity contribution in [1.29, 1.82) is 0 Å². The van der Waals surface area contributed by atoms with E-state index in [0.29, 0.717) is 30.2 Å². The summed E-state index contributed by atoms with van der Waals surface area (Å²) in [5.74, 6) is 0. The largest absolute Gasteiger partial charge is 0.329 e. The molecule has 2 rings (SSSR count). The zero-order valence-electron chi connectivity index (χ0n) is 12.3. The summed E-state index contributed by atoms with van der Waals surface area (Å²) in [7, 11) is -3.71. The Labute approximate surface area is 124 Å². The van der Waals surface area contributed by atoms with Crippen molar-refractivity contribution >= 4 is 15.7 Å². The van der Waals surface area contributed by atoms with Gasteiger partial charge in [-0.25, -0.2) is 8.42 Å². The molecular weight excluding hydrogens is 290 g/mol. The Bertz CT molecular complexity index is 752. The van der Waals surface area contributed by atoms with E-state index in [1.807, 2.05) is 6.92 Å². The number of nitrogens with one attached hydrogen (secondary N) is 1. The third-order valence-electron chi connectivity index (χ3n) is 3.21. The molecule has 8 heteroatoms. The van der Waals surface area contributed by atoms with Crippen LogP contribution in [0, 0.1) is 20.8 Å². The molecule has 0 amide bonds. The first kappa shape index (κ1) is 15.5. The smallest absolute Gasteiger partial charge is 0.265 e. The highest BCUT2D eigenvalue weighted by atomic mass is 32.2. The molecule has 0 radical (unpaired) electrons. The minimum Gasteiger partial charge on any atom is -0.329 e. The second-order valence-electron chi connectivity index (χ2n) is 4.81. The molecular formula is C13H19N5O2S. The van der Waals surface area contributed by atoms with E-state index < -0.39 is 10.0 Å². The number of nitrogens with zero attached hydrogens (tertiary/aromatic N) is 3. The fourth-order valence-electron chi connectivity index (χ4n) is 2.18. The van der Waals surface area contributed by atoms with Crippen molar-refractivity contribution in [3.05, 3.63) is 35.4 Å². The summed E-state index contributed by atoms with van der Waals surface area (Å²) in [5.41, 5.74) is 7.80. The van der Waals surface area contributed by atoms with Crippen LogP contribution in [-0.2, 0) is 16.6 Å². The van der Waals surface area contributed by atoms with Gasteiger partial charge in [0.25, 0.3) is 10.0 Å². The van der Waals surface area contributed by atoms with Crippen molar-refractivity contribution in [1.82, 2.24) is 14.8 Å². The van der Waals surface area contributed by atoms with Crippen molar-refractivity contribution in [3.8, 4) is 0 Å². The number of nitrogens with two attached hydrogens (primary N) is 1. The number of hydrogen-bond donors (Lipinski definition) is 2. The van der Waals surface area contributed by atoms with Crippen molar-refractivity contribution in [2.45, 2.75) is 32.2 Å². The van der Waals surface area contributed by atoms with Crippen molar-refractivity contribution < 1.29 is 8.42 Å². The van der Waals surface area contributed by atoms with Crippen LogP contribution in [0.25, 0.3) is 0 Å². The monoisotopic (exact) mass is 309 g/mol. The van der Waals surface area contributed by atoms with Gasteiger partial charge in [0.05, 0.1) is 29.8 Å². The minimum atomic E-state index is -3.71. The van der Waals surface area contributed by atoms with E-state index >= 15 is 0 Å². The van der Waals surface area contributed by atoms with Crippen molar-refractivity contribution in [3.63, 3.8) is 0 Å². The Hall–Kier alpha value is -1.93. The minimum absolute atomic E-state index is 0.194. The molecule has 0 atom stereocenters. The van der Waals surface area contributed by atoms with E-state index in [4.69, 9.17) is 5.73 Å². The molecule has 0 aromatic carbocycles. The summed E-state index contributed by atoms with van der Waals surface area (Å²) in [6.45, 7) is 6.09. The van der Waals surface area contributed by atoms with Gasteiger partial charge in [-0.1, -0.05) is 0 Å². The van der Waals surface area contributed by atoms with Crippen LogP contribution >= 0.6 is 0 Å². The summed E-state index contributed by atoms with van der Waals surface area (Å²) in [4.78, 5) is 4.13. The number of sulfonamides is 1. The molecule has 114 valence electrons. The average Bonchev–Trinajstić information content (AvgIpc) is 2.68. The topological polar surface area (TPSA) is 103 Å². The van der Waals surface area contributed by atoms with Crippen LogP contribution in [-0.4, -0.2) is 29.7 Å². The molecule has 0 aliphatic carbocycles. The summed E-state index contributed by atoms with van der Waals surface area (Å²) < 4.78 is 29.4. The van der Waals surface area contributed by atoms with Gasteiger partial charge in [-0.05, 0) is 32.4 Å². The molecule has 2 aromatic heterocycles. The number of hydrogen-bond acceptors (Lipinski definition) is 5. The zero-order valence-corrected chi connectivity index (χ0v) is 13.1. The van der Waals surface area contributed by atoms with Gasteiger partial charge in [0.15, 0.2) is 0 Å². The maximum atomic E-state index is 12.6. The highest BCUT2D eigenvalue weighted by Crippen LogP contribution is 2.23. The lowest BCUT2D eigenvalue weighted by atomic mass is 10.3. The molecule has 2 aromatic rings. The third kappa shape index (κ3) is 3.06. The fourth-order valence-corrected chi connectivity index (χ4v) is 3.71. The Morgan fingerprint density at radius 1 is 1.33 bits per heavy atom. The van der Waals surface area contributed by atoms with E-state index in [9.17, 15) is 8.42 Å². The normalized spacial score (nSPS) is 11.6.